The van der Waals surface area contributed by atoms with Crippen molar-refractivity contribution in [2.24, 2.45) is 0 Å². The minimum atomic E-state index is 0.518. The fourth-order valence-corrected chi connectivity index (χ4v) is 2.44. The fourth-order valence-electron chi connectivity index (χ4n) is 2.44. The van der Waals surface area contributed by atoms with Gasteiger partial charge in [0.2, 0.25) is 0 Å². The van der Waals surface area contributed by atoms with E-state index in [0.29, 0.717) is 5.92 Å². The third-order valence-corrected chi connectivity index (χ3v) is 3.77. The van der Waals surface area contributed by atoms with Gasteiger partial charge >= 0.3 is 0 Å². The second-order valence-electron chi connectivity index (χ2n) is 5.37. The number of aromatic nitrogens is 1. The minimum Gasteiger partial charge on any atom is -0.445 e. The van der Waals surface area contributed by atoms with E-state index in [1.807, 2.05) is 6.20 Å². The van der Waals surface area contributed by atoms with Gasteiger partial charge in [0, 0.05) is 31.6 Å². The van der Waals surface area contributed by atoms with Crippen LogP contribution in [0.15, 0.2) is 10.6 Å². The third-order valence-electron chi connectivity index (χ3n) is 3.77. The van der Waals surface area contributed by atoms with Crippen molar-refractivity contribution in [3.8, 4) is 0 Å². The lowest BCUT2D eigenvalue weighted by Gasteiger charge is -2.19. The van der Waals surface area contributed by atoms with Gasteiger partial charge in [-0.3, -0.25) is 0 Å². The second-order valence-corrected chi connectivity index (χ2v) is 5.37. The van der Waals surface area contributed by atoms with Gasteiger partial charge in [-0.15, -0.1) is 0 Å². The number of nitrogens with zero attached hydrogens (tertiary/aromatic N) is 1. The Balaban J connectivity index is 1.43. The van der Waals surface area contributed by atoms with Crippen LogP contribution in [-0.2, 0) is 11.2 Å². The molecule has 18 heavy (non-hydrogen) atoms. The maximum atomic E-state index is 5.85. The first kappa shape index (κ1) is 12.2. The molecule has 2 aliphatic rings. The van der Waals surface area contributed by atoms with Crippen molar-refractivity contribution in [2.45, 2.75) is 50.5 Å². The Labute approximate surface area is 108 Å². The van der Waals surface area contributed by atoms with Crippen LogP contribution in [0.4, 0.5) is 0 Å². The van der Waals surface area contributed by atoms with E-state index in [1.165, 1.54) is 12.8 Å². The zero-order valence-electron chi connectivity index (χ0n) is 10.9. The van der Waals surface area contributed by atoms with Crippen molar-refractivity contribution in [3.63, 3.8) is 0 Å². The molecule has 4 heteroatoms. The van der Waals surface area contributed by atoms with Crippen molar-refractivity contribution in [2.75, 3.05) is 19.8 Å². The zero-order chi connectivity index (χ0) is 12.2. The zero-order valence-corrected chi connectivity index (χ0v) is 10.9. The predicted octanol–water partition coefficient (Wildman–Crippen LogP) is 2.25. The lowest BCUT2D eigenvalue weighted by atomic mass is 9.98. The molecule has 4 nitrogen and oxygen atoms in total. The molecule has 0 unspecified atom stereocenters. The molecule has 0 bridgehead atoms. The second kappa shape index (κ2) is 5.85. The average molecular weight is 250 g/mol. The van der Waals surface area contributed by atoms with Gasteiger partial charge in [0.25, 0.3) is 0 Å². The summed E-state index contributed by atoms with van der Waals surface area (Å²) in [5, 5.41) is 3.51. The third kappa shape index (κ3) is 3.33. The molecule has 0 spiro atoms. The van der Waals surface area contributed by atoms with Gasteiger partial charge in [-0.2, -0.15) is 0 Å². The Bertz CT molecular complexity index is 368. The Hall–Kier alpha value is -0.870. The number of nitrogens with one attached hydrogen (secondary N) is 1. The standard InChI is InChI=1S/C14H22N2O2/c1(7-15-12-3-4-12)2-14-16-10-13(18-14)11-5-8-17-9-6-11/h10-12,15H,1-9H2. The Morgan fingerprint density at radius 2 is 2.06 bits per heavy atom. The van der Waals surface area contributed by atoms with Crippen LogP contribution in [0, 0.1) is 0 Å². The number of hydrogen-bond acceptors (Lipinski definition) is 4. The lowest BCUT2D eigenvalue weighted by Crippen LogP contribution is -2.17. The van der Waals surface area contributed by atoms with Gasteiger partial charge in [0.1, 0.15) is 5.76 Å². The van der Waals surface area contributed by atoms with Crippen molar-refractivity contribution >= 4 is 0 Å². The largest absolute Gasteiger partial charge is 0.445 e. The highest BCUT2D eigenvalue weighted by molar-refractivity contribution is 5.03. The van der Waals surface area contributed by atoms with Crippen LogP contribution in [0.1, 0.15) is 49.7 Å². The monoisotopic (exact) mass is 250 g/mol. The van der Waals surface area contributed by atoms with Crippen molar-refractivity contribution < 1.29 is 9.15 Å². The van der Waals surface area contributed by atoms with Crippen molar-refractivity contribution in [1.82, 2.24) is 10.3 Å². The van der Waals surface area contributed by atoms with E-state index in [4.69, 9.17) is 9.15 Å². The molecule has 2 heterocycles. The van der Waals surface area contributed by atoms with Crippen LogP contribution in [0.25, 0.3) is 0 Å². The Morgan fingerprint density at radius 3 is 2.83 bits per heavy atom. The molecular weight excluding hydrogens is 228 g/mol. The summed E-state index contributed by atoms with van der Waals surface area (Å²) in [6.07, 6.45) is 8.82. The van der Waals surface area contributed by atoms with Crippen LogP contribution in [0.2, 0.25) is 0 Å². The van der Waals surface area contributed by atoms with E-state index in [2.05, 4.69) is 10.3 Å². The highest BCUT2D eigenvalue weighted by Crippen LogP contribution is 2.27. The van der Waals surface area contributed by atoms with Gasteiger partial charge in [-0.05, 0) is 38.6 Å². The van der Waals surface area contributed by atoms with Crippen LogP contribution < -0.4 is 5.32 Å². The lowest BCUT2D eigenvalue weighted by molar-refractivity contribution is 0.0803. The molecule has 0 radical (unpaired) electrons. The highest BCUT2D eigenvalue weighted by atomic mass is 16.5. The van der Waals surface area contributed by atoms with E-state index in [0.717, 1.165) is 63.1 Å². The topological polar surface area (TPSA) is 47.3 Å². The van der Waals surface area contributed by atoms with E-state index in [-0.39, 0.29) is 0 Å². The molecule has 1 aromatic heterocycles. The predicted molar refractivity (Wildman–Crippen MR) is 68.6 cm³/mol. The van der Waals surface area contributed by atoms with Gasteiger partial charge < -0.3 is 14.5 Å². The summed E-state index contributed by atoms with van der Waals surface area (Å²) in [6, 6.07) is 0.798. The summed E-state index contributed by atoms with van der Waals surface area (Å²) >= 11 is 0. The molecule has 1 N–H and O–H groups in total. The summed E-state index contributed by atoms with van der Waals surface area (Å²) in [4.78, 5) is 4.39. The Morgan fingerprint density at radius 1 is 1.22 bits per heavy atom. The van der Waals surface area contributed by atoms with Gasteiger partial charge in [-0.1, -0.05) is 0 Å². The van der Waals surface area contributed by atoms with E-state index < -0.39 is 0 Å². The number of aryl methyl sites for hydroxylation is 1. The Kier molecular flexibility index (Phi) is 3.96. The number of ether oxygens (including phenoxy) is 1. The molecule has 1 saturated heterocycles. The summed E-state index contributed by atoms with van der Waals surface area (Å²) in [5.41, 5.74) is 0. The normalized spacial score (nSPS) is 21.3. The smallest absolute Gasteiger partial charge is 0.194 e. The number of hydrogen-bond donors (Lipinski definition) is 1. The van der Waals surface area contributed by atoms with Crippen LogP contribution in [0.5, 0.6) is 0 Å². The molecule has 0 aromatic carbocycles. The molecule has 100 valence electrons. The minimum absolute atomic E-state index is 0.518. The molecule has 3 rings (SSSR count). The maximum absolute atomic E-state index is 5.85. The first-order valence-corrected chi connectivity index (χ1v) is 7.17. The molecular formula is C14H22N2O2. The first-order chi connectivity index (χ1) is 8.92. The van der Waals surface area contributed by atoms with Gasteiger partial charge in [-0.25, -0.2) is 4.98 Å². The molecule has 0 atom stereocenters. The van der Waals surface area contributed by atoms with E-state index in [1.54, 1.807) is 0 Å². The SMILES string of the molecule is c1nc(CCCNC2CC2)oc1C1CCOCC1. The first-order valence-electron chi connectivity index (χ1n) is 7.17. The summed E-state index contributed by atoms with van der Waals surface area (Å²) in [5.74, 6) is 2.47. The van der Waals surface area contributed by atoms with Gasteiger partial charge in [0.15, 0.2) is 5.89 Å². The molecule has 1 aliphatic heterocycles. The van der Waals surface area contributed by atoms with Crippen molar-refractivity contribution in [1.29, 1.82) is 0 Å². The summed E-state index contributed by atoms with van der Waals surface area (Å²) < 4.78 is 11.2. The van der Waals surface area contributed by atoms with Crippen LogP contribution >= 0.6 is 0 Å². The van der Waals surface area contributed by atoms with Crippen molar-refractivity contribution in [3.05, 3.63) is 17.8 Å². The molecule has 1 aliphatic carbocycles. The van der Waals surface area contributed by atoms with E-state index in [9.17, 15) is 0 Å². The molecule has 1 aromatic rings. The van der Waals surface area contributed by atoms with Crippen LogP contribution in [0.3, 0.4) is 0 Å². The highest BCUT2D eigenvalue weighted by Gasteiger charge is 2.21. The average Bonchev–Trinajstić information content (AvgIpc) is 3.12. The van der Waals surface area contributed by atoms with Gasteiger partial charge in [0.05, 0.1) is 6.20 Å². The fraction of sp³-hybridized carbons (Fsp3) is 0.786. The van der Waals surface area contributed by atoms with E-state index >= 15 is 0 Å². The molecule has 1 saturated carbocycles. The summed E-state index contributed by atoms with van der Waals surface area (Å²) in [7, 11) is 0. The quantitative estimate of drug-likeness (QED) is 0.787. The summed E-state index contributed by atoms with van der Waals surface area (Å²) in [6.45, 7) is 2.79. The number of rotatable bonds is 6. The maximum Gasteiger partial charge on any atom is 0.194 e. The molecule has 0 amide bonds. The number of oxazole rings is 1. The van der Waals surface area contributed by atoms with Crippen LogP contribution in [-0.4, -0.2) is 30.8 Å². The molecule has 2 fully saturated rings.